The summed E-state index contributed by atoms with van der Waals surface area (Å²) < 4.78 is 1.29. The van der Waals surface area contributed by atoms with Gasteiger partial charge in [-0.1, -0.05) is 15.9 Å². The van der Waals surface area contributed by atoms with E-state index in [0.717, 1.165) is 5.92 Å². The standard InChI is InChI=1S/C15H21BrN2/c1-9-3-6-12-14(18(9)10(2)17)8-7-13(16)15(12)11-4-5-11/h7-11H,3-6,17H2,1-2H3. The van der Waals surface area contributed by atoms with Crippen LogP contribution in [0.3, 0.4) is 0 Å². The zero-order valence-corrected chi connectivity index (χ0v) is 12.7. The van der Waals surface area contributed by atoms with Crippen molar-refractivity contribution in [2.45, 2.75) is 57.7 Å². The van der Waals surface area contributed by atoms with Crippen molar-refractivity contribution in [2.75, 3.05) is 4.90 Å². The lowest BCUT2D eigenvalue weighted by Crippen LogP contribution is -2.48. The number of anilines is 1. The number of fused-ring (bicyclic) bond motifs is 1. The van der Waals surface area contributed by atoms with E-state index in [-0.39, 0.29) is 6.17 Å². The van der Waals surface area contributed by atoms with Crippen molar-refractivity contribution >= 4 is 21.6 Å². The van der Waals surface area contributed by atoms with Crippen LogP contribution in [0.25, 0.3) is 0 Å². The van der Waals surface area contributed by atoms with Crippen LogP contribution in [0.2, 0.25) is 0 Å². The molecule has 1 aliphatic heterocycles. The van der Waals surface area contributed by atoms with E-state index in [4.69, 9.17) is 5.73 Å². The largest absolute Gasteiger partial charge is 0.354 e. The maximum atomic E-state index is 6.17. The minimum Gasteiger partial charge on any atom is -0.354 e. The number of nitrogens with zero attached hydrogens (tertiary/aromatic N) is 1. The molecule has 3 heteroatoms. The van der Waals surface area contributed by atoms with E-state index in [2.05, 4.69) is 46.8 Å². The van der Waals surface area contributed by atoms with Gasteiger partial charge in [0.05, 0.1) is 6.17 Å². The van der Waals surface area contributed by atoms with Crippen molar-refractivity contribution in [3.05, 3.63) is 27.7 Å². The molecule has 3 rings (SSSR count). The van der Waals surface area contributed by atoms with E-state index < -0.39 is 0 Å². The second kappa shape index (κ2) is 4.53. The molecule has 98 valence electrons. The van der Waals surface area contributed by atoms with Gasteiger partial charge in [-0.25, -0.2) is 0 Å². The summed E-state index contributed by atoms with van der Waals surface area (Å²) in [5.74, 6) is 0.790. The van der Waals surface area contributed by atoms with Crippen LogP contribution in [-0.4, -0.2) is 12.2 Å². The average molecular weight is 309 g/mol. The van der Waals surface area contributed by atoms with E-state index in [1.807, 2.05) is 0 Å². The maximum absolute atomic E-state index is 6.17. The number of rotatable bonds is 2. The zero-order chi connectivity index (χ0) is 12.9. The van der Waals surface area contributed by atoms with Gasteiger partial charge in [-0.2, -0.15) is 0 Å². The molecule has 1 aliphatic carbocycles. The maximum Gasteiger partial charge on any atom is 0.0745 e. The first-order valence-electron chi connectivity index (χ1n) is 6.94. The van der Waals surface area contributed by atoms with Gasteiger partial charge in [-0.15, -0.1) is 0 Å². The number of benzene rings is 1. The number of hydrogen-bond acceptors (Lipinski definition) is 2. The smallest absolute Gasteiger partial charge is 0.0745 e. The molecule has 0 spiro atoms. The van der Waals surface area contributed by atoms with Crippen LogP contribution >= 0.6 is 15.9 Å². The quantitative estimate of drug-likeness (QED) is 0.901. The van der Waals surface area contributed by atoms with E-state index >= 15 is 0 Å². The van der Waals surface area contributed by atoms with Gasteiger partial charge in [0.2, 0.25) is 0 Å². The van der Waals surface area contributed by atoms with Crippen molar-refractivity contribution in [3.63, 3.8) is 0 Å². The van der Waals surface area contributed by atoms with Crippen LogP contribution < -0.4 is 10.6 Å². The van der Waals surface area contributed by atoms with Gasteiger partial charge in [-0.3, -0.25) is 0 Å². The topological polar surface area (TPSA) is 29.3 Å². The van der Waals surface area contributed by atoms with Crippen molar-refractivity contribution in [3.8, 4) is 0 Å². The Morgan fingerprint density at radius 2 is 2.06 bits per heavy atom. The van der Waals surface area contributed by atoms with E-state index in [9.17, 15) is 0 Å². The summed E-state index contributed by atoms with van der Waals surface area (Å²) in [5.41, 5.74) is 10.6. The predicted octanol–water partition coefficient (Wildman–Crippen LogP) is 3.77. The molecule has 1 heterocycles. The molecule has 2 unspecified atom stereocenters. The van der Waals surface area contributed by atoms with Gasteiger partial charge in [-0.05, 0) is 68.7 Å². The van der Waals surface area contributed by atoms with Gasteiger partial charge in [0.1, 0.15) is 0 Å². The highest BCUT2D eigenvalue weighted by atomic mass is 79.9. The molecule has 18 heavy (non-hydrogen) atoms. The molecule has 0 radical (unpaired) electrons. The molecule has 0 amide bonds. The first-order valence-corrected chi connectivity index (χ1v) is 7.74. The second-order valence-corrected chi connectivity index (χ2v) is 6.62. The fourth-order valence-electron chi connectivity index (χ4n) is 3.29. The highest BCUT2D eigenvalue weighted by molar-refractivity contribution is 9.10. The molecule has 1 fully saturated rings. The van der Waals surface area contributed by atoms with Crippen LogP contribution in [-0.2, 0) is 6.42 Å². The average Bonchev–Trinajstić information content (AvgIpc) is 3.12. The monoisotopic (exact) mass is 308 g/mol. The van der Waals surface area contributed by atoms with Gasteiger partial charge < -0.3 is 10.6 Å². The summed E-state index contributed by atoms with van der Waals surface area (Å²) in [4.78, 5) is 2.39. The molecular weight excluding hydrogens is 288 g/mol. The van der Waals surface area contributed by atoms with Gasteiger partial charge in [0.25, 0.3) is 0 Å². The van der Waals surface area contributed by atoms with E-state index in [1.54, 1.807) is 11.1 Å². The third kappa shape index (κ3) is 1.97. The highest BCUT2D eigenvalue weighted by Gasteiger charge is 2.33. The van der Waals surface area contributed by atoms with Crippen LogP contribution in [0.1, 0.15) is 50.2 Å². The van der Waals surface area contributed by atoms with Crippen LogP contribution in [0, 0.1) is 0 Å². The molecule has 2 atom stereocenters. The molecule has 2 N–H and O–H groups in total. The molecule has 1 saturated carbocycles. The molecule has 2 aliphatic rings. The van der Waals surface area contributed by atoms with Crippen molar-refractivity contribution in [1.29, 1.82) is 0 Å². The molecule has 0 aromatic heterocycles. The number of hydrogen-bond donors (Lipinski definition) is 1. The van der Waals surface area contributed by atoms with Crippen LogP contribution in [0.4, 0.5) is 5.69 Å². The normalized spacial score (nSPS) is 24.9. The Labute approximate surface area is 118 Å². The lowest BCUT2D eigenvalue weighted by Gasteiger charge is -2.41. The summed E-state index contributed by atoms with van der Waals surface area (Å²) in [6.07, 6.45) is 5.20. The molecule has 1 aromatic rings. The van der Waals surface area contributed by atoms with Crippen molar-refractivity contribution in [2.24, 2.45) is 5.73 Å². The minimum absolute atomic E-state index is 0.0901. The predicted molar refractivity (Wildman–Crippen MR) is 80.0 cm³/mol. The Balaban J connectivity index is 2.11. The van der Waals surface area contributed by atoms with E-state index in [0.29, 0.717) is 6.04 Å². The summed E-state index contributed by atoms with van der Waals surface area (Å²) in [7, 11) is 0. The minimum atomic E-state index is 0.0901. The van der Waals surface area contributed by atoms with Gasteiger partial charge in [0.15, 0.2) is 0 Å². The lowest BCUT2D eigenvalue weighted by atomic mass is 9.90. The molecule has 1 aromatic carbocycles. The molecular formula is C15H21BrN2. The highest BCUT2D eigenvalue weighted by Crippen LogP contribution is 2.48. The summed E-state index contributed by atoms with van der Waals surface area (Å²) in [6.45, 7) is 4.37. The van der Waals surface area contributed by atoms with E-state index in [1.165, 1.54) is 35.8 Å². The van der Waals surface area contributed by atoms with Crippen molar-refractivity contribution < 1.29 is 0 Å². The Kier molecular flexibility index (Phi) is 3.15. The zero-order valence-electron chi connectivity index (χ0n) is 11.1. The molecule has 0 bridgehead atoms. The lowest BCUT2D eigenvalue weighted by molar-refractivity contribution is 0.508. The van der Waals surface area contributed by atoms with Gasteiger partial charge in [0, 0.05) is 16.2 Å². The summed E-state index contributed by atoms with van der Waals surface area (Å²) in [5, 5.41) is 0. The summed E-state index contributed by atoms with van der Waals surface area (Å²) in [6, 6.07) is 5.00. The number of halogens is 1. The summed E-state index contributed by atoms with van der Waals surface area (Å²) >= 11 is 3.74. The Morgan fingerprint density at radius 1 is 1.33 bits per heavy atom. The Bertz CT molecular complexity index is 466. The van der Waals surface area contributed by atoms with Gasteiger partial charge >= 0.3 is 0 Å². The third-order valence-corrected chi connectivity index (χ3v) is 4.96. The fourth-order valence-corrected chi connectivity index (χ4v) is 3.99. The fraction of sp³-hybridized carbons (Fsp3) is 0.600. The Hall–Kier alpha value is -0.540. The number of nitrogens with two attached hydrogens (primary N) is 1. The van der Waals surface area contributed by atoms with Crippen LogP contribution in [0.15, 0.2) is 16.6 Å². The first kappa shape index (κ1) is 12.5. The SMILES string of the molecule is CC(N)N1c2ccc(Br)c(C3CC3)c2CCC1C. The molecule has 2 nitrogen and oxygen atoms in total. The second-order valence-electron chi connectivity index (χ2n) is 5.77. The third-order valence-electron chi connectivity index (χ3n) is 4.27. The van der Waals surface area contributed by atoms with Crippen LogP contribution in [0.5, 0.6) is 0 Å². The first-order chi connectivity index (χ1) is 8.59. The molecule has 0 saturated heterocycles. The van der Waals surface area contributed by atoms with Crippen molar-refractivity contribution in [1.82, 2.24) is 0 Å². The Morgan fingerprint density at radius 3 is 2.67 bits per heavy atom.